The summed E-state index contributed by atoms with van der Waals surface area (Å²) in [6.07, 6.45) is 31.3. The molecule has 3 heteroatoms. The standard InChI is InChI=1S/C29H61NO2/c1-4-7-9-11-13-15-17-18-20-22-24-26-29-32-30(27-6-3)31-28-25-23-21-19-16-14-12-10-8-5-2/h4-29H2,1-3H3. The maximum Gasteiger partial charge on any atom is 0.0711 e. The first-order valence-corrected chi connectivity index (χ1v) is 14.9. The Bertz CT molecular complexity index is 324. The van der Waals surface area contributed by atoms with E-state index in [0.29, 0.717) is 0 Å². The molecule has 32 heavy (non-hydrogen) atoms. The van der Waals surface area contributed by atoms with E-state index in [2.05, 4.69) is 20.8 Å². The Kier molecular flexibility index (Phi) is 28.8. The normalized spacial score (nSPS) is 11.6. The van der Waals surface area contributed by atoms with Gasteiger partial charge in [-0.25, -0.2) is 0 Å². The van der Waals surface area contributed by atoms with Gasteiger partial charge in [0, 0.05) is 0 Å². The molecule has 0 aromatic heterocycles. The zero-order valence-electron chi connectivity index (χ0n) is 22.6. The fourth-order valence-corrected chi connectivity index (χ4v) is 4.21. The van der Waals surface area contributed by atoms with Gasteiger partial charge in [0.1, 0.15) is 0 Å². The van der Waals surface area contributed by atoms with Crippen LogP contribution in [0.2, 0.25) is 0 Å². The molecule has 0 unspecified atom stereocenters. The van der Waals surface area contributed by atoms with Crippen molar-refractivity contribution in [3.05, 3.63) is 0 Å². The molecule has 0 saturated carbocycles. The summed E-state index contributed by atoms with van der Waals surface area (Å²) in [7, 11) is 0. The molecule has 0 aromatic rings. The largest absolute Gasteiger partial charge is 0.274 e. The zero-order valence-corrected chi connectivity index (χ0v) is 22.6. The molecule has 194 valence electrons. The minimum absolute atomic E-state index is 0.801. The fraction of sp³-hybridized carbons (Fsp3) is 1.00. The molecule has 0 bridgehead atoms. The van der Waals surface area contributed by atoms with Crippen LogP contribution in [0.4, 0.5) is 0 Å². The molecule has 0 aliphatic heterocycles. The first kappa shape index (κ1) is 31.9. The van der Waals surface area contributed by atoms with Gasteiger partial charge in [0.25, 0.3) is 0 Å². The zero-order chi connectivity index (χ0) is 23.4. The average molecular weight is 456 g/mol. The van der Waals surface area contributed by atoms with E-state index in [1.165, 1.54) is 128 Å². The molecule has 0 N–H and O–H groups in total. The fourth-order valence-electron chi connectivity index (χ4n) is 4.21. The Hall–Kier alpha value is -0.120. The first-order chi connectivity index (χ1) is 15.8. The van der Waals surface area contributed by atoms with Crippen LogP contribution < -0.4 is 0 Å². The quantitative estimate of drug-likeness (QED) is 0.0864. The van der Waals surface area contributed by atoms with Crippen molar-refractivity contribution >= 4 is 0 Å². The third kappa shape index (κ3) is 26.1. The molecule has 0 saturated heterocycles. The van der Waals surface area contributed by atoms with Gasteiger partial charge >= 0.3 is 0 Å². The van der Waals surface area contributed by atoms with Crippen LogP contribution in [0.1, 0.15) is 168 Å². The highest BCUT2D eigenvalue weighted by Crippen LogP contribution is 2.13. The smallest absolute Gasteiger partial charge is 0.0711 e. The van der Waals surface area contributed by atoms with Gasteiger partial charge in [-0.05, 0) is 19.3 Å². The van der Waals surface area contributed by atoms with Crippen molar-refractivity contribution in [3.63, 3.8) is 0 Å². The van der Waals surface area contributed by atoms with Crippen molar-refractivity contribution in [2.45, 2.75) is 168 Å². The lowest BCUT2D eigenvalue weighted by atomic mass is 10.1. The van der Waals surface area contributed by atoms with Gasteiger partial charge in [-0.3, -0.25) is 9.68 Å². The van der Waals surface area contributed by atoms with Crippen LogP contribution in [0.5, 0.6) is 0 Å². The molecular formula is C29H61NO2. The van der Waals surface area contributed by atoms with Crippen molar-refractivity contribution in [1.82, 2.24) is 5.23 Å². The molecular weight excluding hydrogens is 394 g/mol. The van der Waals surface area contributed by atoms with Crippen LogP contribution in [0, 0.1) is 0 Å². The number of unbranched alkanes of at least 4 members (excludes halogenated alkanes) is 20. The molecule has 0 atom stereocenters. The van der Waals surface area contributed by atoms with Crippen molar-refractivity contribution in [2.24, 2.45) is 0 Å². The summed E-state index contributed by atoms with van der Waals surface area (Å²) < 4.78 is 0. The van der Waals surface area contributed by atoms with E-state index in [1.807, 2.05) is 0 Å². The molecule has 3 nitrogen and oxygen atoms in total. The number of rotatable bonds is 28. The van der Waals surface area contributed by atoms with E-state index in [-0.39, 0.29) is 0 Å². The van der Waals surface area contributed by atoms with Crippen LogP contribution in [0.25, 0.3) is 0 Å². The predicted octanol–water partition coefficient (Wildman–Crippen LogP) is 10.2. The minimum atomic E-state index is 0.801. The molecule has 0 aliphatic rings. The second-order valence-corrected chi connectivity index (χ2v) is 9.79. The van der Waals surface area contributed by atoms with Crippen molar-refractivity contribution in [2.75, 3.05) is 19.8 Å². The number of hydrogen-bond acceptors (Lipinski definition) is 3. The van der Waals surface area contributed by atoms with Gasteiger partial charge in [-0.1, -0.05) is 154 Å². The SMILES string of the molecule is CCCCCCCCCCCCCCON(CCC)OCCCCCCCCCCCC. The highest BCUT2D eigenvalue weighted by Gasteiger charge is 2.05. The van der Waals surface area contributed by atoms with E-state index in [0.717, 1.165) is 39.0 Å². The third-order valence-electron chi connectivity index (χ3n) is 6.37. The van der Waals surface area contributed by atoms with Crippen molar-refractivity contribution in [3.8, 4) is 0 Å². The van der Waals surface area contributed by atoms with Crippen molar-refractivity contribution < 1.29 is 9.68 Å². The highest BCUT2D eigenvalue weighted by molar-refractivity contribution is 4.49. The molecule has 0 rings (SSSR count). The Morgan fingerprint density at radius 3 is 0.906 bits per heavy atom. The van der Waals surface area contributed by atoms with Gasteiger partial charge < -0.3 is 0 Å². The third-order valence-corrected chi connectivity index (χ3v) is 6.37. The lowest BCUT2D eigenvalue weighted by Crippen LogP contribution is -2.26. The average Bonchev–Trinajstić information content (AvgIpc) is 2.80. The second-order valence-electron chi connectivity index (χ2n) is 9.79. The summed E-state index contributed by atoms with van der Waals surface area (Å²) in [6.45, 7) is 9.23. The van der Waals surface area contributed by atoms with E-state index in [9.17, 15) is 0 Å². The Balaban J connectivity index is 3.38. The van der Waals surface area contributed by atoms with Gasteiger partial charge in [0.05, 0.1) is 19.8 Å². The van der Waals surface area contributed by atoms with Crippen LogP contribution >= 0.6 is 0 Å². The number of nitrogens with zero attached hydrogens (tertiary/aromatic N) is 1. The molecule has 0 spiro atoms. The lowest BCUT2D eigenvalue weighted by Gasteiger charge is -2.20. The van der Waals surface area contributed by atoms with Crippen LogP contribution in [-0.2, 0) is 9.68 Å². The maximum atomic E-state index is 5.88. The topological polar surface area (TPSA) is 21.7 Å². The van der Waals surface area contributed by atoms with Gasteiger partial charge in [0.2, 0.25) is 0 Å². The Labute approximate surface area is 203 Å². The molecule has 0 radical (unpaired) electrons. The lowest BCUT2D eigenvalue weighted by molar-refractivity contribution is -0.368. The van der Waals surface area contributed by atoms with E-state index < -0.39 is 0 Å². The van der Waals surface area contributed by atoms with Gasteiger partial charge in [0.15, 0.2) is 0 Å². The van der Waals surface area contributed by atoms with Gasteiger partial charge in [-0.15, -0.1) is 0 Å². The monoisotopic (exact) mass is 455 g/mol. The summed E-state index contributed by atoms with van der Waals surface area (Å²) in [5.41, 5.74) is 0. The maximum absolute atomic E-state index is 5.88. The van der Waals surface area contributed by atoms with Crippen molar-refractivity contribution in [1.29, 1.82) is 0 Å². The molecule has 0 aliphatic carbocycles. The molecule has 0 aromatic carbocycles. The summed E-state index contributed by atoms with van der Waals surface area (Å²) in [5.74, 6) is 0. The summed E-state index contributed by atoms with van der Waals surface area (Å²) in [5, 5.41) is 1.76. The molecule has 0 fully saturated rings. The Morgan fingerprint density at radius 1 is 0.344 bits per heavy atom. The second kappa shape index (κ2) is 28.9. The molecule has 0 amide bonds. The highest BCUT2D eigenvalue weighted by atomic mass is 16.9. The van der Waals surface area contributed by atoms with Crippen LogP contribution in [0.3, 0.4) is 0 Å². The van der Waals surface area contributed by atoms with E-state index >= 15 is 0 Å². The van der Waals surface area contributed by atoms with E-state index in [1.54, 1.807) is 5.23 Å². The number of hydroxylamine groups is 2. The summed E-state index contributed by atoms with van der Waals surface area (Å²) >= 11 is 0. The molecule has 0 heterocycles. The van der Waals surface area contributed by atoms with E-state index in [4.69, 9.17) is 9.68 Å². The number of hydrogen-bond donors (Lipinski definition) is 0. The van der Waals surface area contributed by atoms with Crippen LogP contribution in [0.15, 0.2) is 0 Å². The first-order valence-electron chi connectivity index (χ1n) is 14.9. The summed E-state index contributed by atoms with van der Waals surface area (Å²) in [4.78, 5) is 11.8. The minimum Gasteiger partial charge on any atom is -0.274 e. The van der Waals surface area contributed by atoms with Crippen LogP contribution in [-0.4, -0.2) is 25.0 Å². The van der Waals surface area contributed by atoms with Gasteiger partial charge in [-0.2, -0.15) is 0 Å². The predicted molar refractivity (Wildman–Crippen MR) is 142 cm³/mol. The Morgan fingerprint density at radius 2 is 0.625 bits per heavy atom. The summed E-state index contributed by atoms with van der Waals surface area (Å²) in [6, 6.07) is 0.